The number of methoxy groups -OCH3 is 1. The Morgan fingerprint density at radius 2 is 2.04 bits per heavy atom. The van der Waals surface area contributed by atoms with E-state index in [1.807, 2.05) is 25.2 Å². The van der Waals surface area contributed by atoms with Gasteiger partial charge in [0.25, 0.3) is 0 Å². The molecule has 0 aromatic carbocycles. The van der Waals surface area contributed by atoms with Gasteiger partial charge in [0.15, 0.2) is 0 Å². The lowest BCUT2D eigenvalue weighted by atomic mass is 9.93. The number of carbonyl (C=O) groups excluding carboxylic acids is 2. The molecule has 27 heavy (non-hydrogen) atoms. The number of aliphatic hydroxyl groups excluding tert-OH is 1. The highest BCUT2D eigenvalue weighted by Gasteiger charge is 2.38. The summed E-state index contributed by atoms with van der Waals surface area (Å²) in [6, 6.07) is 0. The number of allylic oxidation sites excluding steroid dienone is 2. The van der Waals surface area contributed by atoms with E-state index in [9.17, 15) is 19.8 Å². The Kier molecular flexibility index (Phi) is 10.6. The van der Waals surface area contributed by atoms with Crippen LogP contribution >= 0.6 is 0 Å². The number of ketones is 1. The highest BCUT2D eigenvalue weighted by atomic mass is 16.5. The predicted molar refractivity (Wildman–Crippen MR) is 106 cm³/mol. The maximum Gasteiger partial charge on any atom is 0.305 e. The van der Waals surface area contributed by atoms with Gasteiger partial charge in [-0.15, -0.1) is 0 Å². The van der Waals surface area contributed by atoms with Crippen molar-refractivity contribution in [2.75, 3.05) is 7.11 Å². The number of unbranched alkanes of at least 4 members (excludes halogenated alkanes) is 2. The second kappa shape index (κ2) is 12.1. The highest BCUT2D eigenvalue weighted by Crippen LogP contribution is 2.32. The quantitative estimate of drug-likeness (QED) is 0.306. The molecule has 0 aromatic heterocycles. The zero-order valence-corrected chi connectivity index (χ0v) is 17.0. The number of ether oxygens (including phenoxy) is 1. The van der Waals surface area contributed by atoms with E-state index in [1.165, 1.54) is 7.11 Å². The molecule has 2 N–H and O–H groups in total. The zero-order chi connectivity index (χ0) is 20.3. The van der Waals surface area contributed by atoms with Crippen molar-refractivity contribution in [1.29, 1.82) is 0 Å². The van der Waals surface area contributed by atoms with Crippen LogP contribution in [0.5, 0.6) is 0 Å². The molecule has 0 saturated heterocycles. The van der Waals surface area contributed by atoms with Crippen LogP contribution in [0.4, 0.5) is 0 Å². The SMILES string of the molecule is CCCC[C@](C)(O)CC=C[C@H]1C(=O)[C@H](CC=CCCCC(=O)OC)C[C@H]1O. The molecule has 5 heteroatoms. The van der Waals surface area contributed by atoms with Gasteiger partial charge in [0.05, 0.1) is 24.7 Å². The van der Waals surface area contributed by atoms with E-state index in [-0.39, 0.29) is 17.7 Å². The molecule has 1 rings (SSSR count). The van der Waals surface area contributed by atoms with E-state index in [1.54, 1.807) is 6.08 Å². The van der Waals surface area contributed by atoms with Crippen LogP contribution in [-0.2, 0) is 14.3 Å². The fourth-order valence-electron chi connectivity index (χ4n) is 3.42. The summed E-state index contributed by atoms with van der Waals surface area (Å²) in [6.45, 7) is 3.90. The molecular formula is C22H36O5. The van der Waals surface area contributed by atoms with Gasteiger partial charge in [0.2, 0.25) is 0 Å². The van der Waals surface area contributed by atoms with Crippen LogP contribution in [0, 0.1) is 11.8 Å². The molecule has 1 aliphatic rings. The Morgan fingerprint density at radius 3 is 2.70 bits per heavy atom. The molecule has 4 atom stereocenters. The molecule has 0 aliphatic heterocycles. The summed E-state index contributed by atoms with van der Waals surface area (Å²) in [6.07, 6.45) is 13.2. The number of hydrogen-bond acceptors (Lipinski definition) is 5. The van der Waals surface area contributed by atoms with Crippen molar-refractivity contribution in [3.63, 3.8) is 0 Å². The lowest BCUT2D eigenvalue weighted by Gasteiger charge is -2.21. The Labute approximate surface area is 163 Å². The minimum atomic E-state index is -0.758. The summed E-state index contributed by atoms with van der Waals surface area (Å²) in [5, 5.41) is 20.5. The normalized spacial score (nSPS) is 25.4. The third-order valence-electron chi connectivity index (χ3n) is 5.21. The van der Waals surface area contributed by atoms with Gasteiger partial charge in [0.1, 0.15) is 5.78 Å². The molecule has 5 nitrogen and oxygen atoms in total. The first kappa shape index (κ1) is 23.6. The van der Waals surface area contributed by atoms with E-state index in [2.05, 4.69) is 11.7 Å². The first-order valence-electron chi connectivity index (χ1n) is 10.1. The van der Waals surface area contributed by atoms with Gasteiger partial charge in [-0.25, -0.2) is 0 Å². The molecule has 1 fully saturated rings. The molecule has 0 radical (unpaired) electrons. The number of carbonyl (C=O) groups is 2. The summed E-state index contributed by atoms with van der Waals surface area (Å²) < 4.78 is 4.59. The molecule has 0 unspecified atom stereocenters. The van der Waals surface area contributed by atoms with Crippen molar-refractivity contribution in [3.8, 4) is 0 Å². The van der Waals surface area contributed by atoms with Gasteiger partial charge in [-0.2, -0.15) is 0 Å². The topological polar surface area (TPSA) is 83.8 Å². The maximum atomic E-state index is 12.5. The van der Waals surface area contributed by atoms with Crippen molar-refractivity contribution in [2.24, 2.45) is 11.8 Å². The minimum absolute atomic E-state index is 0.0751. The van der Waals surface area contributed by atoms with Crippen molar-refractivity contribution in [1.82, 2.24) is 0 Å². The van der Waals surface area contributed by atoms with Gasteiger partial charge in [-0.3, -0.25) is 9.59 Å². The highest BCUT2D eigenvalue weighted by molar-refractivity contribution is 5.88. The van der Waals surface area contributed by atoms with Gasteiger partial charge in [-0.05, 0) is 45.4 Å². The summed E-state index contributed by atoms with van der Waals surface area (Å²) in [5.41, 5.74) is -0.758. The number of aliphatic hydroxyl groups is 2. The van der Waals surface area contributed by atoms with Crippen molar-refractivity contribution >= 4 is 11.8 Å². The average Bonchev–Trinajstić information content (AvgIpc) is 2.90. The third kappa shape index (κ3) is 8.85. The monoisotopic (exact) mass is 380 g/mol. The van der Waals surface area contributed by atoms with E-state index in [0.717, 1.165) is 32.1 Å². The largest absolute Gasteiger partial charge is 0.469 e. The van der Waals surface area contributed by atoms with E-state index >= 15 is 0 Å². The molecule has 0 amide bonds. The van der Waals surface area contributed by atoms with Crippen LogP contribution < -0.4 is 0 Å². The summed E-state index contributed by atoms with van der Waals surface area (Å²) in [7, 11) is 1.38. The summed E-state index contributed by atoms with van der Waals surface area (Å²) >= 11 is 0. The molecule has 0 spiro atoms. The fraction of sp³-hybridized carbons (Fsp3) is 0.727. The van der Waals surface area contributed by atoms with Crippen LogP contribution in [0.25, 0.3) is 0 Å². The van der Waals surface area contributed by atoms with Crippen molar-refractivity contribution in [3.05, 3.63) is 24.3 Å². The smallest absolute Gasteiger partial charge is 0.305 e. The Morgan fingerprint density at radius 1 is 1.30 bits per heavy atom. The summed E-state index contributed by atoms with van der Waals surface area (Å²) in [5.74, 6) is -0.760. The lowest BCUT2D eigenvalue weighted by Crippen LogP contribution is -2.23. The van der Waals surface area contributed by atoms with E-state index in [0.29, 0.717) is 25.7 Å². The van der Waals surface area contributed by atoms with Crippen molar-refractivity contribution < 1.29 is 24.5 Å². The standard InChI is InChI=1S/C22H36O5/c1-4-5-14-22(2,26)15-10-12-18-19(23)16-17(21(18)25)11-8-6-7-9-13-20(24)27-3/h6,8,10,12,17-19,23,26H,4-5,7,9,11,13-16H2,1-3H3/t17-,18-,19-,22+/m1/s1. The van der Waals surface area contributed by atoms with E-state index in [4.69, 9.17) is 0 Å². The van der Waals surface area contributed by atoms with Gasteiger partial charge < -0.3 is 14.9 Å². The Balaban J connectivity index is 2.40. The Bertz CT molecular complexity index is 521. The van der Waals surface area contributed by atoms with Crippen LogP contribution in [0.1, 0.15) is 71.6 Å². The number of hydrogen-bond donors (Lipinski definition) is 2. The molecule has 154 valence electrons. The molecular weight excluding hydrogens is 344 g/mol. The average molecular weight is 381 g/mol. The van der Waals surface area contributed by atoms with Crippen LogP contribution in [0.3, 0.4) is 0 Å². The lowest BCUT2D eigenvalue weighted by molar-refractivity contribution is -0.140. The fourth-order valence-corrected chi connectivity index (χ4v) is 3.42. The molecule has 0 heterocycles. The predicted octanol–water partition coefficient (Wildman–Crippen LogP) is 3.73. The molecule has 1 saturated carbocycles. The van der Waals surface area contributed by atoms with Crippen molar-refractivity contribution in [2.45, 2.75) is 83.3 Å². The molecule has 0 aromatic rings. The van der Waals surface area contributed by atoms with Gasteiger partial charge in [-0.1, -0.05) is 44.1 Å². The zero-order valence-electron chi connectivity index (χ0n) is 17.0. The first-order chi connectivity index (χ1) is 12.8. The Hall–Kier alpha value is -1.46. The van der Waals surface area contributed by atoms with Gasteiger partial charge >= 0.3 is 5.97 Å². The summed E-state index contributed by atoms with van der Waals surface area (Å²) in [4.78, 5) is 23.6. The second-order valence-corrected chi connectivity index (χ2v) is 7.84. The number of esters is 1. The number of rotatable bonds is 12. The van der Waals surface area contributed by atoms with Crippen LogP contribution in [0.2, 0.25) is 0 Å². The molecule has 0 bridgehead atoms. The van der Waals surface area contributed by atoms with E-state index < -0.39 is 17.6 Å². The maximum absolute atomic E-state index is 12.5. The first-order valence-corrected chi connectivity index (χ1v) is 10.1. The third-order valence-corrected chi connectivity index (χ3v) is 5.21. The second-order valence-electron chi connectivity index (χ2n) is 7.84. The minimum Gasteiger partial charge on any atom is -0.469 e. The number of Topliss-reactive ketones (excluding diaryl/α,β-unsaturated/α-hetero) is 1. The van der Waals surface area contributed by atoms with Gasteiger partial charge in [0, 0.05) is 12.3 Å². The van der Waals surface area contributed by atoms with Crippen LogP contribution in [-0.4, -0.2) is 40.8 Å². The van der Waals surface area contributed by atoms with Crippen LogP contribution in [0.15, 0.2) is 24.3 Å². The molecule has 1 aliphatic carbocycles.